The number of ether oxygens (including phenoxy) is 2. The summed E-state index contributed by atoms with van der Waals surface area (Å²) in [5, 5.41) is 19.9. The van der Waals surface area contributed by atoms with Crippen molar-refractivity contribution in [2.24, 2.45) is 17.2 Å². The van der Waals surface area contributed by atoms with Gasteiger partial charge in [0.25, 0.3) is 5.91 Å². The average Bonchev–Trinajstić information content (AvgIpc) is 3.20. The Morgan fingerprint density at radius 2 is 1.56 bits per heavy atom. The minimum Gasteiger partial charge on any atom is -0.492 e. The maximum Gasteiger partial charge on any atom is 0.252 e. The molecule has 59 heavy (non-hydrogen) atoms. The Balaban J connectivity index is 1.86. The molecule has 4 atom stereocenters. The van der Waals surface area contributed by atoms with Crippen molar-refractivity contribution in [2.75, 3.05) is 46.4 Å². The SMILES string of the molecule is Cc1cc(C(C)(C)C)ccc1C(=O)N[C@@H](CCN)C(=O)N(C)[C@@H]1C(=O)N[C@@H](C)C(=O)N[C@H](C(=O)NCC#N)Cc2ccc(OCCN)c(c2)-c2cc1ccc2OCCN. The first-order valence-electron chi connectivity index (χ1n) is 19.6. The lowest BCUT2D eigenvalue weighted by atomic mass is 9.85. The van der Waals surface area contributed by atoms with Gasteiger partial charge in [-0.25, -0.2) is 0 Å². The molecule has 4 bridgehead atoms. The first kappa shape index (κ1) is 45.7. The molecular weight excluding hydrogens is 755 g/mol. The van der Waals surface area contributed by atoms with Crippen LogP contribution < -0.4 is 47.9 Å². The predicted molar refractivity (Wildman–Crippen MR) is 223 cm³/mol. The molecule has 16 heteroatoms. The van der Waals surface area contributed by atoms with Crippen molar-refractivity contribution in [1.82, 2.24) is 26.2 Å². The van der Waals surface area contributed by atoms with E-state index in [1.807, 2.05) is 25.1 Å². The maximum absolute atomic E-state index is 14.5. The van der Waals surface area contributed by atoms with E-state index in [0.29, 0.717) is 39.3 Å². The molecule has 0 radical (unpaired) electrons. The summed E-state index contributed by atoms with van der Waals surface area (Å²) in [6, 6.07) is 12.8. The molecule has 0 fully saturated rings. The first-order valence-corrected chi connectivity index (χ1v) is 19.6. The number of benzene rings is 3. The summed E-state index contributed by atoms with van der Waals surface area (Å²) in [6.07, 6.45) is 0.0725. The standard InChI is InChI=1S/C43H57N9O7/c1-25-21-29(43(3,4)5)9-10-30(25)39(54)50-33(13-14-44)42(57)52(6)37-28-8-12-36(59-20-17-47)32(24-28)31-22-27(7-11-35(31)58-19-16-46)23-34(40(55)48-18-15-45)51-38(53)26(2)49-41(37)56/h7-12,21-22,24,26,33-34,37H,13-14,16-20,23,44,46-47H2,1-6H3,(H,48,55)(H,49,56)(H,50,54)(H,51,53)/t26-,33-,34-,37-/m0/s1. The summed E-state index contributed by atoms with van der Waals surface area (Å²) in [5.74, 6) is -2.32. The van der Waals surface area contributed by atoms with Crippen molar-refractivity contribution < 1.29 is 33.4 Å². The van der Waals surface area contributed by atoms with Gasteiger partial charge in [-0.1, -0.05) is 45.0 Å². The Morgan fingerprint density at radius 1 is 0.915 bits per heavy atom. The largest absolute Gasteiger partial charge is 0.492 e. The number of amides is 5. The second-order valence-corrected chi connectivity index (χ2v) is 15.5. The van der Waals surface area contributed by atoms with Gasteiger partial charge in [-0.3, -0.25) is 24.0 Å². The van der Waals surface area contributed by atoms with Gasteiger partial charge in [0.2, 0.25) is 23.6 Å². The van der Waals surface area contributed by atoms with Gasteiger partial charge in [0, 0.05) is 43.2 Å². The van der Waals surface area contributed by atoms with E-state index in [1.165, 1.54) is 18.9 Å². The Labute approximate surface area is 345 Å². The van der Waals surface area contributed by atoms with Crippen LogP contribution in [0.1, 0.15) is 72.8 Å². The van der Waals surface area contributed by atoms with Crippen molar-refractivity contribution in [3.05, 3.63) is 82.4 Å². The van der Waals surface area contributed by atoms with E-state index in [4.69, 9.17) is 31.9 Å². The summed E-state index contributed by atoms with van der Waals surface area (Å²) >= 11 is 0. The second-order valence-electron chi connectivity index (χ2n) is 15.5. The van der Waals surface area contributed by atoms with Gasteiger partial charge in [-0.05, 0) is 84.8 Å². The molecule has 3 aromatic carbocycles. The summed E-state index contributed by atoms with van der Waals surface area (Å²) in [7, 11) is 1.43. The summed E-state index contributed by atoms with van der Waals surface area (Å²) in [5.41, 5.74) is 21.6. The van der Waals surface area contributed by atoms with Crippen LogP contribution in [0.3, 0.4) is 0 Å². The number of nitrogens with one attached hydrogen (secondary N) is 4. The quantitative estimate of drug-likeness (QED) is 0.115. The Kier molecular flexibility index (Phi) is 15.9. The third-order valence-corrected chi connectivity index (χ3v) is 9.95. The zero-order valence-corrected chi connectivity index (χ0v) is 34.6. The highest BCUT2D eigenvalue weighted by atomic mass is 16.5. The molecule has 4 rings (SSSR count). The Bertz CT molecular complexity index is 2060. The maximum atomic E-state index is 14.5. The number of hydrogen-bond donors (Lipinski definition) is 7. The monoisotopic (exact) mass is 811 g/mol. The van der Waals surface area contributed by atoms with E-state index < -0.39 is 53.7 Å². The number of nitrogens with two attached hydrogens (primary N) is 3. The lowest BCUT2D eigenvalue weighted by Crippen LogP contribution is -2.56. The molecule has 316 valence electrons. The Morgan fingerprint density at radius 3 is 2.15 bits per heavy atom. The van der Waals surface area contributed by atoms with E-state index >= 15 is 0 Å². The number of aryl methyl sites for hydroxylation is 1. The van der Waals surface area contributed by atoms with Crippen LogP contribution in [-0.2, 0) is 31.0 Å². The van der Waals surface area contributed by atoms with Gasteiger partial charge in [-0.15, -0.1) is 0 Å². The van der Waals surface area contributed by atoms with Crippen LogP contribution in [0.25, 0.3) is 11.1 Å². The first-order chi connectivity index (χ1) is 28.0. The van der Waals surface area contributed by atoms with Crippen LogP contribution >= 0.6 is 0 Å². The molecule has 0 unspecified atom stereocenters. The van der Waals surface area contributed by atoms with E-state index in [2.05, 4.69) is 42.0 Å². The zero-order valence-electron chi connectivity index (χ0n) is 34.6. The number of carbonyl (C=O) groups is 5. The van der Waals surface area contributed by atoms with Crippen LogP contribution in [0.15, 0.2) is 54.6 Å². The number of hydrogen-bond acceptors (Lipinski definition) is 11. The van der Waals surface area contributed by atoms with Crippen molar-refractivity contribution in [3.63, 3.8) is 0 Å². The fourth-order valence-electron chi connectivity index (χ4n) is 6.75. The van der Waals surface area contributed by atoms with Crippen molar-refractivity contribution in [1.29, 1.82) is 5.26 Å². The summed E-state index contributed by atoms with van der Waals surface area (Å²) < 4.78 is 12.1. The van der Waals surface area contributed by atoms with Gasteiger partial charge in [0.15, 0.2) is 0 Å². The smallest absolute Gasteiger partial charge is 0.252 e. The van der Waals surface area contributed by atoms with Crippen LogP contribution in [0.5, 0.6) is 11.5 Å². The highest BCUT2D eigenvalue weighted by molar-refractivity contribution is 6.00. The van der Waals surface area contributed by atoms with Gasteiger partial charge < -0.3 is 52.8 Å². The molecule has 10 N–H and O–H groups in total. The molecule has 1 heterocycles. The molecular formula is C43H57N9O7. The lowest BCUT2D eigenvalue weighted by Gasteiger charge is -2.32. The topological polar surface area (TPSA) is 257 Å². The third-order valence-electron chi connectivity index (χ3n) is 9.95. The summed E-state index contributed by atoms with van der Waals surface area (Å²) in [6.45, 7) is 9.97. The van der Waals surface area contributed by atoms with Crippen molar-refractivity contribution in [3.8, 4) is 28.7 Å². The van der Waals surface area contributed by atoms with Gasteiger partial charge in [-0.2, -0.15) is 5.26 Å². The Hall–Kier alpha value is -6.02. The average molecular weight is 812 g/mol. The third kappa shape index (κ3) is 11.6. The predicted octanol–water partition coefficient (Wildman–Crippen LogP) is 1.47. The number of nitrogens with zero attached hydrogens (tertiary/aromatic N) is 2. The molecule has 0 saturated heterocycles. The van der Waals surface area contributed by atoms with Crippen molar-refractivity contribution in [2.45, 2.75) is 77.0 Å². The molecule has 16 nitrogen and oxygen atoms in total. The molecule has 5 amide bonds. The molecule has 0 aliphatic carbocycles. The van der Waals surface area contributed by atoms with Crippen LogP contribution in [0, 0.1) is 18.3 Å². The molecule has 0 aromatic heterocycles. The number of fused-ring (bicyclic) bond motifs is 5. The minimum absolute atomic E-state index is 0.0148. The molecule has 3 aromatic rings. The molecule has 0 saturated carbocycles. The van der Waals surface area contributed by atoms with E-state index in [-0.39, 0.29) is 57.6 Å². The van der Waals surface area contributed by atoms with Crippen molar-refractivity contribution >= 4 is 29.5 Å². The fraction of sp³-hybridized carbons (Fsp3) is 0.442. The van der Waals surface area contributed by atoms with E-state index in [1.54, 1.807) is 42.5 Å². The van der Waals surface area contributed by atoms with Crippen LogP contribution in [-0.4, -0.2) is 99.0 Å². The number of likely N-dealkylation sites (N-methyl/N-ethyl adjacent to an activating group) is 1. The number of rotatable bonds is 14. The van der Waals surface area contributed by atoms with E-state index in [0.717, 1.165) is 11.1 Å². The second kappa shape index (κ2) is 20.6. The lowest BCUT2D eigenvalue weighted by molar-refractivity contribution is -0.141. The summed E-state index contributed by atoms with van der Waals surface area (Å²) in [4.78, 5) is 70.8. The highest BCUT2D eigenvalue weighted by Crippen LogP contribution is 2.40. The van der Waals surface area contributed by atoms with Crippen LogP contribution in [0.4, 0.5) is 0 Å². The number of carbonyl (C=O) groups excluding carboxylic acids is 5. The molecule has 0 spiro atoms. The zero-order chi connectivity index (χ0) is 43.4. The number of nitriles is 1. The minimum atomic E-state index is -1.36. The van der Waals surface area contributed by atoms with Gasteiger partial charge >= 0.3 is 0 Å². The fourth-order valence-corrected chi connectivity index (χ4v) is 6.75. The van der Waals surface area contributed by atoms with Crippen LogP contribution in [0.2, 0.25) is 0 Å². The van der Waals surface area contributed by atoms with Gasteiger partial charge in [0.05, 0.1) is 6.07 Å². The highest BCUT2D eigenvalue weighted by Gasteiger charge is 2.36. The molecule has 1 aliphatic rings. The normalized spacial score (nSPS) is 17.3. The molecule has 1 aliphatic heterocycles. The van der Waals surface area contributed by atoms with E-state index in [9.17, 15) is 24.0 Å². The van der Waals surface area contributed by atoms with Gasteiger partial charge in [0.1, 0.15) is 55.4 Å².